The molecule has 2 rings (SSSR count). The van der Waals surface area contributed by atoms with Crippen LogP contribution in [0, 0.1) is 0 Å². The SMILES string of the molecule is C=C(c1ccccc1)c1ccccc1CCCCCCCC. The Morgan fingerprint density at radius 2 is 1.41 bits per heavy atom. The molecule has 0 amide bonds. The monoisotopic (exact) mass is 292 g/mol. The van der Waals surface area contributed by atoms with E-state index in [4.69, 9.17) is 0 Å². The molecular weight excluding hydrogens is 264 g/mol. The molecule has 0 bridgehead atoms. The summed E-state index contributed by atoms with van der Waals surface area (Å²) in [6.45, 7) is 6.59. The summed E-state index contributed by atoms with van der Waals surface area (Å²) in [6, 6.07) is 19.2. The quantitative estimate of drug-likeness (QED) is 0.454. The molecule has 0 spiro atoms. The Hall–Kier alpha value is -1.82. The van der Waals surface area contributed by atoms with Gasteiger partial charge < -0.3 is 0 Å². The lowest BCUT2D eigenvalue weighted by molar-refractivity contribution is 0.607. The second kappa shape index (κ2) is 9.25. The fourth-order valence-corrected chi connectivity index (χ4v) is 2.92. The van der Waals surface area contributed by atoms with Crippen LogP contribution in [0.1, 0.15) is 62.1 Å². The summed E-state index contributed by atoms with van der Waals surface area (Å²) in [5.74, 6) is 0. The Labute approximate surface area is 135 Å². The molecule has 0 unspecified atom stereocenters. The molecule has 116 valence electrons. The number of aryl methyl sites for hydroxylation is 1. The van der Waals surface area contributed by atoms with Gasteiger partial charge in [0.2, 0.25) is 0 Å². The lowest BCUT2D eigenvalue weighted by atomic mass is 9.92. The zero-order valence-corrected chi connectivity index (χ0v) is 13.9. The van der Waals surface area contributed by atoms with Crippen LogP contribution in [0.15, 0.2) is 61.2 Å². The third-order valence-electron chi connectivity index (χ3n) is 4.26. The number of hydrogen-bond donors (Lipinski definition) is 0. The van der Waals surface area contributed by atoms with Crippen LogP contribution in [0.2, 0.25) is 0 Å². The van der Waals surface area contributed by atoms with E-state index in [-0.39, 0.29) is 0 Å². The molecule has 0 saturated carbocycles. The first-order chi connectivity index (χ1) is 10.8. The predicted molar refractivity (Wildman–Crippen MR) is 98.1 cm³/mol. The van der Waals surface area contributed by atoms with Gasteiger partial charge in [0.1, 0.15) is 0 Å². The minimum atomic E-state index is 1.14. The third kappa shape index (κ3) is 4.87. The van der Waals surface area contributed by atoms with Crippen molar-refractivity contribution in [3.63, 3.8) is 0 Å². The Kier molecular flexibility index (Phi) is 6.96. The van der Waals surface area contributed by atoms with Gasteiger partial charge >= 0.3 is 0 Å². The largest absolute Gasteiger partial charge is 0.0905 e. The van der Waals surface area contributed by atoms with Crippen molar-refractivity contribution in [1.29, 1.82) is 0 Å². The van der Waals surface area contributed by atoms with Crippen molar-refractivity contribution in [2.75, 3.05) is 0 Å². The van der Waals surface area contributed by atoms with Gasteiger partial charge in [-0.3, -0.25) is 0 Å². The number of benzene rings is 2. The molecule has 0 aromatic heterocycles. The fraction of sp³-hybridized carbons (Fsp3) is 0.364. The highest BCUT2D eigenvalue weighted by Crippen LogP contribution is 2.25. The molecule has 0 aliphatic carbocycles. The summed E-state index contributed by atoms with van der Waals surface area (Å²) in [7, 11) is 0. The van der Waals surface area contributed by atoms with Gasteiger partial charge in [-0.2, -0.15) is 0 Å². The van der Waals surface area contributed by atoms with Crippen LogP contribution in [0.5, 0.6) is 0 Å². The average molecular weight is 292 g/mol. The molecule has 0 saturated heterocycles. The van der Waals surface area contributed by atoms with Gasteiger partial charge in [0, 0.05) is 0 Å². The Morgan fingerprint density at radius 1 is 0.773 bits per heavy atom. The van der Waals surface area contributed by atoms with E-state index in [1.807, 2.05) is 0 Å². The molecule has 0 radical (unpaired) electrons. The summed E-state index contributed by atoms with van der Waals surface area (Å²) < 4.78 is 0. The molecule has 2 aromatic rings. The van der Waals surface area contributed by atoms with Crippen molar-refractivity contribution in [2.24, 2.45) is 0 Å². The normalized spacial score (nSPS) is 10.6. The van der Waals surface area contributed by atoms with Crippen LogP contribution < -0.4 is 0 Å². The second-order valence-corrected chi connectivity index (χ2v) is 6.02. The highest BCUT2D eigenvalue weighted by molar-refractivity contribution is 5.79. The van der Waals surface area contributed by atoms with E-state index in [0.717, 1.165) is 12.0 Å². The summed E-state index contributed by atoms with van der Waals surface area (Å²) in [5, 5.41) is 0. The van der Waals surface area contributed by atoms with Gasteiger partial charge in [0.05, 0.1) is 0 Å². The lowest BCUT2D eigenvalue weighted by Crippen LogP contribution is -1.95. The standard InChI is InChI=1S/C22H28/c1-3-4-5-6-7-9-16-21-17-12-13-18-22(21)19(2)20-14-10-8-11-15-20/h8,10-15,17-18H,2-7,9,16H2,1H3. The maximum Gasteiger partial charge on any atom is -0.0152 e. The van der Waals surface area contributed by atoms with E-state index in [9.17, 15) is 0 Å². The number of unbranched alkanes of at least 4 members (excludes halogenated alkanes) is 5. The van der Waals surface area contributed by atoms with Gasteiger partial charge in [0.25, 0.3) is 0 Å². The molecule has 0 atom stereocenters. The smallest absolute Gasteiger partial charge is 0.0152 e. The first-order valence-electron chi connectivity index (χ1n) is 8.65. The Balaban J connectivity index is 1.97. The maximum atomic E-state index is 4.32. The Bertz CT molecular complexity index is 566. The van der Waals surface area contributed by atoms with Crippen LogP contribution in [0.3, 0.4) is 0 Å². The van der Waals surface area contributed by atoms with E-state index in [2.05, 4.69) is 68.1 Å². The van der Waals surface area contributed by atoms with Crippen molar-refractivity contribution in [2.45, 2.75) is 51.9 Å². The molecule has 0 fully saturated rings. The van der Waals surface area contributed by atoms with Crippen LogP contribution in [-0.2, 0) is 6.42 Å². The van der Waals surface area contributed by atoms with Crippen LogP contribution in [-0.4, -0.2) is 0 Å². The van der Waals surface area contributed by atoms with E-state index >= 15 is 0 Å². The van der Waals surface area contributed by atoms with Gasteiger partial charge in [-0.25, -0.2) is 0 Å². The third-order valence-corrected chi connectivity index (χ3v) is 4.26. The summed E-state index contributed by atoms with van der Waals surface area (Å²) in [5.41, 5.74) is 5.11. The summed E-state index contributed by atoms with van der Waals surface area (Å²) in [4.78, 5) is 0. The van der Waals surface area contributed by atoms with Gasteiger partial charge in [-0.1, -0.05) is 100 Å². The van der Waals surface area contributed by atoms with E-state index in [1.165, 1.54) is 55.2 Å². The Morgan fingerprint density at radius 3 is 2.18 bits per heavy atom. The van der Waals surface area contributed by atoms with Crippen LogP contribution in [0.4, 0.5) is 0 Å². The van der Waals surface area contributed by atoms with E-state index < -0.39 is 0 Å². The van der Waals surface area contributed by atoms with Crippen LogP contribution in [0.25, 0.3) is 5.57 Å². The van der Waals surface area contributed by atoms with Gasteiger partial charge in [-0.15, -0.1) is 0 Å². The van der Waals surface area contributed by atoms with Crippen molar-refractivity contribution in [3.05, 3.63) is 77.9 Å². The molecule has 0 N–H and O–H groups in total. The van der Waals surface area contributed by atoms with Crippen molar-refractivity contribution in [3.8, 4) is 0 Å². The van der Waals surface area contributed by atoms with Crippen molar-refractivity contribution >= 4 is 5.57 Å². The molecule has 0 heterocycles. The van der Waals surface area contributed by atoms with E-state index in [0.29, 0.717) is 0 Å². The zero-order valence-electron chi connectivity index (χ0n) is 13.9. The first kappa shape index (κ1) is 16.5. The van der Waals surface area contributed by atoms with Gasteiger partial charge in [-0.05, 0) is 35.1 Å². The van der Waals surface area contributed by atoms with Crippen LogP contribution >= 0.6 is 0 Å². The van der Waals surface area contributed by atoms with Crippen molar-refractivity contribution < 1.29 is 0 Å². The minimum Gasteiger partial charge on any atom is -0.0905 e. The molecular formula is C22H28. The summed E-state index contributed by atoms with van der Waals surface area (Å²) >= 11 is 0. The molecule has 0 aliphatic rings. The fourth-order valence-electron chi connectivity index (χ4n) is 2.92. The number of rotatable bonds is 9. The minimum absolute atomic E-state index is 1.14. The topological polar surface area (TPSA) is 0 Å². The predicted octanol–water partition coefficient (Wildman–Crippen LogP) is 6.65. The lowest BCUT2D eigenvalue weighted by Gasteiger charge is -2.12. The molecule has 22 heavy (non-hydrogen) atoms. The molecule has 0 aliphatic heterocycles. The summed E-state index contributed by atoms with van der Waals surface area (Å²) in [6.07, 6.45) is 9.23. The highest BCUT2D eigenvalue weighted by Gasteiger charge is 2.07. The molecule has 0 heteroatoms. The van der Waals surface area contributed by atoms with E-state index in [1.54, 1.807) is 0 Å². The maximum absolute atomic E-state index is 4.32. The zero-order chi connectivity index (χ0) is 15.6. The first-order valence-corrected chi connectivity index (χ1v) is 8.65. The second-order valence-electron chi connectivity index (χ2n) is 6.02. The molecule has 2 aromatic carbocycles. The average Bonchev–Trinajstić information content (AvgIpc) is 2.58. The molecule has 0 nitrogen and oxygen atoms in total. The number of hydrogen-bond acceptors (Lipinski definition) is 0. The van der Waals surface area contributed by atoms with Gasteiger partial charge in [0.15, 0.2) is 0 Å². The highest BCUT2D eigenvalue weighted by atomic mass is 14.1. The van der Waals surface area contributed by atoms with Crippen molar-refractivity contribution in [1.82, 2.24) is 0 Å².